The van der Waals surface area contributed by atoms with Crippen molar-refractivity contribution in [3.63, 3.8) is 0 Å². The summed E-state index contributed by atoms with van der Waals surface area (Å²) in [7, 11) is 0. The molecule has 2 aliphatic rings. The van der Waals surface area contributed by atoms with Crippen LogP contribution in [0.1, 0.15) is 17.2 Å². The van der Waals surface area contributed by atoms with E-state index in [-0.39, 0.29) is 11.1 Å². The Morgan fingerprint density at radius 3 is 3.00 bits per heavy atom. The number of rotatable bonds is 1. The number of benzene rings is 1. The Bertz CT molecular complexity index is 519. The van der Waals surface area contributed by atoms with Crippen molar-refractivity contribution in [1.82, 2.24) is 0 Å². The van der Waals surface area contributed by atoms with E-state index in [1.807, 2.05) is 30.3 Å². The summed E-state index contributed by atoms with van der Waals surface area (Å²) < 4.78 is 0. The zero-order valence-electron chi connectivity index (χ0n) is 7.68. The topological polar surface area (TPSA) is 49.7 Å². The highest BCUT2D eigenvalue weighted by atomic mass is 32.2. The largest absolute Gasteiger partial charge is 0.476 e. The van der Waals surface area contributed by atoms with E-state index < -0.39 is 5.97 Å². The Morgan fingerprint density at radius 2 is 2.20 bits per heavy atom. The smallest absolute Gasteiger partial charge is 0.361 e. The molecule has 1 aromatic carbocycles. The molecule has 74 valence electrons. The van der Waals surface area contributed by atoms with Crippen molar-refractivity contribution in [3.05, 3.63) is 40.3 Å². The highest BCUT2D eigenvalue weighted by molar-refractivity contribution is 8.19. The summed E-state index contributed by atoms with van der Waals surface area (Å²) in [6, 6.07) is 7.88. The van der Waals surface area contributed by atoms with Gasteiger partial charge in [-0.25, -0.2) is 4.79 Å². The van der Waals surface area contributed by atoms with E-state index in [0.29, 0.717) is 0 Å². The average molecular weight is 217 g/mol. The Hall–Kier alpha value is -1.55. The maximum Gasteiger partial charge on any atom is 0.361 e. The molecule has 0 spiro atoms. The zero-order valence-corrected chi connectivity index (χ0v) is 8.49. The highest BCUT2D eigenvalue weighted by Gasteiger charge is 2.33. The summed E-state index contributed by atoms with van der Waals surface area (Å²) >= 11 is 1.26. The van der Waals surface area contributed by atoms with Crippen LogP contribution in [0.3, 0.4) is 0 Å². The number of carboxylic acid groups (broad SMARTS) is 1. The summed E-state index contributed by atoms with van der Waals surface area (Å²) in [6.45, 7) is 0. The van der Waals surface area contributed by atoms with E-state index in [9.17, 15) is 4.79 Å². The van der Waals surface area contributed by atoms with Crippen LogP contribution in [0.2, 0.25) is 0 Å². The second kappa shape index (κ2) is 2.97. The van der Waals surface area contributed by atoms with Crippen LogP contribution in [0.25, 0.3) is 6.08 Å². The SMILES string of the molecule is O=C(O)C1=NC2C(=Cc3ccccc32)S1. The molecule has 1 aliphatic carbocycles. The molecule has 4 heteroatoms. The summed E-state index contributed by atoms with van der Waals surface area (Å²) in [5.74, 6) is -0.937. The number of carboxylic acids is 1. The fourth-order valence-corrected chi connectivity index (χ4v) is 2.80. The van der Waals surface area contributed by atoms with E-state index in [4.69, 9.17) is 5.11 Å². The van der Waals surface area contributed by atoms with Crippen molar-refractivity contribution in [1.29, 1.82) is 0 Å². The van der Waals surface area contributed by atoms with Gasteiger partial charge in [0.25, 0.3) is 0 Å². The van der Waals surface area contributed by atoms with E-state index in [0.717, 1.165) is 16.0 Å². The number of aliphatic imine (C=N–C) groups is 1. The minimum atomic E-state index is -0.937. The second-order valence-corrected chi connectivity index (χ2v) is 4.48. The monoisotopic (exact) mass is 217 g/mol. The Kier molecular flexibility index (Phi) is 1.73. The van der Waals surface area contributed by atoms with Crippen LogP contribution in [0.5, 0.6) is 0 Å². The molecule has 1 heterocycles. The van der Waals surface area contributed by atoms with Crippen LogP contribution in [-0.4, -0.2) is 16.1 Å². The van der Waals surface area contributed by atoms with Crippen molar-refractivity contribution in [3.8, 4) is 0 Å². The van der Waals surface area contributed by atoms with E-state index in [1.54, 1.807) is 0 Å². The molecule has 1 unspecified atom stereocenters. The lowest BCUT2D eigenvalue weighted by Crippen LogP contribution is -2.05. The van der Waals surface area contributed by atoms with Gasteiger partial charge in [0.2, 0.25) is 0 Å². The summed E-state index contributed by atoms with van der Waals surface area (Å²) in [5.41, 5.74) is 2.26. The number of fused-ring (bicyclic) bond motifs is 3. The first-order chi connectivity index (χ1) is 7.25. The number of hydrogen-bond donors (Lipinski definition) is 1. The lowest BCUT2D eigenvalue weighted by Gasteiger charge is -2.02. The van der Waals surface area contributed by atoms with Crippen LogP contribution in [0, 0.1) is 0 Å². The van der Waals surface area contributed by atoms with Gasteiger partial charge in [-0.3, -0.25) is 4.99 Å². The zero-order chi connectivity index (χ0) is 10.4. The lowest BCUT2D eigenvalue weighted by atomic mass is 10.1. The number of nitrogens with zero attached hydrogens (tertiary/aromatic N) is 1. The van der Waals surface area contributed by atoms with Gasteiger partial charge in [-0.1, -0.05) is 36.0 Å². The molecule has 15 heavy (non-hydrogen) atoms. The molecule has 1 N–H and O–H groups in total. The van der Waals surface area contributed by atoms with Gasteiger partial charge in [0.15, 0.2) is 5.04 Å². The van der Waals surface area contributed by atoms with Crippen molar-refractivity contribution < 1.29 is 9.90 Å². The first kappa shape index (κ1) is 8.73. The van der Waals surface area contributed by atoms with Crippen LogP contribution < -0.4 is 0 Å². The number of aliphatic carboxylic acids is 1. The van der Waals surface area contributed by atoms with Crippen molar-refractivity contribution in [2.45, 2.75) is 6.04 Å². The van der Waals surface area contributed by atoms with Gasteiger partial charge in [-0.15, -0.1) is 0 Å². The van der Waals surface area contributed by atoms with Gasteiger partial charge in [-0.2, -0.15) is 0 Å². The molecule has 0 fully saturated rings. The standard InChI is InChI=1S/C11H7NO2S/c13-11(14)10-12-9-7-4-2-1-3-6(7)5-8(9)15-10/h1-5,9H,(H,13,14). The minimum Gasteiger partial charge on any atom is -0.476 e. The molecule has 1 aromatic rings. The van der Waals surface area contributed by atoms with Gasteiger partial charge in [0, 0.05) is 4.91 Å². The molecule has 0 aromatic heterocycles. The Morgan fingerprint density at radius 1 is 1.40 bits per heavy atom. The quantitative estimate of drug-likeness (QED) is 0.785. The predicted octanol–water partition coefficient (Wildman–Crippen LogP) is 2.31. The molecule has 3 rings (SSSR count). The van der Waals surface area contributed by atoms with Gasteiger partial charge in [0.05, 0.1) is 0 Å². The van der Waals surface area contributed by atoms with Crippen molar-refractivity contribution in [2.75, 3.05) is 0 Å². The van der Waals surface area contributed by atoms with Crippen LogP contribution >= 0.6 is 11.8 Å². The minimum absolute atomic E-state index is 0.0719. The van der Waals surface area contributed by atoms with Gasteiger partial charge in [0.1, 0.15) is 6.04 Å². The summed E-state index contributed by atoms with van der Waals surface area (Å²) in [6.07, 6.45) is 2.02. The van der Waals surface area contributed by atoms with Gasteiger partial charge < -0.3 is 5.11 Å². The molecule has 0 bridgehead atoms. The second-order valence-electron chi connectivity index (χ2n) is 3.42. The fraction of sp³-hybridized carbons (Fsp3) is 0.0909. The molecule has 0 radical (unpaired) electrons. The first-order valence-electron chi connectivity index (χ1n) is 4.55. The van der Waals surface area contributed by atoms with Gasteiger partial charge in [-0.05, 0) is 17.2 Å². The van der Waals surface area contributed by atoms with Crippen LogP contribution in [-0.2, 0) is 4.79 Å². The van der Waals surface area contributed by atoms with Crippen LogP contribution in [0.15, 0.2) is 34.2 Å². The third-order valence-electron chi connectivity index (χ3n) is 2.50. The molecule has 0 saturated carbocycles. The maximum atomic E-state index is 10.8. The van der Waals surface area contributed by atoms with Gasteiger partial charge >= 0.3 is 5.97 Å². The fourth-order valence-electron chi connectivity index (χ4n) is 1.85. The molecule has 1 atom stereocenters. The molecule has 3 nitrogen and oxygen atoms in total. The van der Waals surface area contributed by atoms with E-state index >= 15 is 0 Å². The Balaban J connectivity index is 2.07. The third kappa shape index (κ3) is 1.22. The summed E-state index contributed by atoms with van der Waals surface area (Å²) in [5, 5.41) is 9.03. The average Bonchev–Trinajstić information content (AvgIpc) is 2.73. The molecule has 0 amide bonds. The third-order valence-corrected chi connectivity index (χ3v) is 3.55. The number of thioether (sulfide) groups is 1. The molecule has 1 aliphatic heterocycles. The first-order valence-corrected chi connectivity index (χ1v) is 5.37. The van der Waals surface area contributed by atoms with E-state index in [1.165, 1.54) is 11.8 Å². The normalized spacial score (nSPS) is 21.7. The predicted molar refractivity (Wildman–Crippen MR) is 59.8 cm³/mol. The highest BCUT2D eigenvalue weighted by Crippen LogP contribution is 2.48. The molecular formula is C11H7NO2S. The Labute approximate surface area is 90.5 Å². The lowest BCUT2D eigenvalue weighted by molar-refractivity contribution is -0.129. The van der Waals surface area contributed by atoms with Crippen molar-refractivity contribution >= 4 is 28.9 Å². The van der Waals surface area contributed by atoms with E-state index in [2.05, 4.69) is 4.99 Å². The number of carbonyl (C=O) groups is 1. The molecule has 0 saturated heterocycles. The van der Waals surface area contributed by atoms with Crippen LogP contribution in [0.4, 0.5) is 0 Å². The summed E-state index contributed by atoms with van der Waals surface area (Å²) in [4.78, 5) is 16.0. The van der Waals surface area contributed by atoms with Crippen molar-refractivity contribution in [2.24, 2.45) is 4.99 Å². The number of hydrogen-bond acceptors (Lipinski definition) is 3. The maximum absolute atomic E-state index is 10.8. The molecular weight excluding hydrogens is 210 g/mol.